The molecule has 0 radical (unpaired) electrons. The molecule has 7 heteroatoms. The van der Waals surface area contributed by atoms with Crippen molar-refractivity contribution in [1.29, 1.82) is 0 Å². The Balaban J connectivity index is 1.91. The maximum Gasteiger partial charge on any atom is 0.417 e. The highest BCUT2D eigenvalue weighted by Gasteiger charge is 2.53. The molecule has 2 aliphatic rings. The molecule has 0 heterocycles. The lowest BCUT2D eigenvalue weighted by molar-refractivity contribution is -0.253. The maximum absolute atomic E-state index is 12.6. The van der Waals surface area contributed by atoms with Crippen LogP contribution in [0.1, 0.15) is 59.3 Å². The Morgan fingerprint density at radius 3 is 2.64 bits per heavy atom. The van der Waals surface area contributed by atoms with E-state index in [2.05, 4.69) is 12.2 Å². The van der Waals surface area contributed by atoms with Gasteiger partial charge >= 0.3 is 6.18 Å². The van der Waals surface area contributed by atoms with Gasteiger partial charge in [-0.2, -0.15) is 13.2 Å². The summed E-state index contributed by atoms with van der Waals surface area (Å²) in [6.07, 6.45) is -1.57. The smallest absolute Gasteiger partial charge is 0.380 e. The predicted molar refractivity (Wildman–Crippen MR) is 86.6 cm³/mol. The number of rotatable bonds is 5. The van der Waals surface area contributed by atoms with Gasteiger partial charge in [0.25, 0.3) is 0 Å². The largest absolute Gasteiger partial charge is 0.417 e. The molecule has 0 aromatic heterocycles. The van der Waals surface area contributed by atoms with E-state index in [1.54, 1.807) is 0 Å². The van der Waals surface area contributed by atoms with Crippen LogP contribution in [0.5, 0.6) is 0 Å². The first-order valence-corrected chi connectivity index (χ1v) is 8.97. The second-order valence-corrected chi connectivity index (χ2v) is 8.29. The molecule has 2 N–H and O–H groups in total. The molecule has 25 heavy (non-hydrogen) atoms. The molecule has 1 amide bonds. The highest BCUT2D eigenvalue weighted by Crippen LogP contribution is 2.56. The first-order valence-electron chi connectivity index (χ1n) is 8.97. The fourth-order valence-electron chi connectivity index (χ4n) is 4.80. The number of halogens is 3. The molecule has 0 aromatic rings. The minimum absolute atomic E-state index is 0.0701. The molecule has 0 aromatic carbocycles. The standard InChI is InChI=1S/C18H28F3NO3/c1-11(10-22-15(24)9-17(3,25)18(19,20)21)12-6-7-13-14(23)5-4-8-16(12,13)2/h11-13,25H,4-10H2,1-3H3,(H,22,24)/t11?,12-,13+,16-,17?/m1/s1. The van der Waals surface area contributed by atoms with Gasteiger partial charge in [-0.25, -0.2) is 0 Å². The highest BCUT2D eigenvalue weighted by atomic mass is 19.4. The third-order valence-electron chi connectivity index (χ3n) is 6.36. The molecule has 2 unspecified atom stereocenters. The molecule has 5 atom stereocenters. The van der Waals surface area contributed by atoms with E-state index in [0.717, 1.165) is 25.7 Å². The van der Waals surface area contributed by atoms with E-state index < -0.39 is 24.1 Å². The van der Waals surface area contributed by atoms with E-state index in [-0.39, 0.29) is 29.7 Å². The van der Waals surface area contributed by atoms with Gasteiger partial charge < -0.3 is 10.4 Å². The third kappa shape index (κ3) is 4.01. The van der Waals surface area contributed by atoms with Crippen LogP contribution in [0.25, 0.3) is 0 Å². The van der Waals surface area contributed by atoms with Crippen LogP contribution in [0.2, 0.25) is 0 Å². The molecule has 2 rings (SSSR count). The molecule has 4 nitrogen and oxygen atoms in total. The summed E-state index contributed by atoms with van der Waals surface area (Å²) in [4.78, 5) is 24.0. The van der Waals surface area contributed by atoms with Crippen LogP contribution in [0.15, 0.2) is 0 Å². The number of fused-ring (bicyclic) bond motifs is 1. The predicted octanol–water partition coefficient (Wildman–Crippen LogP) is 3.23. The Morgan fingerprint density at radius 1 is 1.40 bits per heavy atom. The SMILES string of the molecule is CC(CNC(=O)CC(C)(O)C(F)(F)F)[C@H]1CC[C@H]2C(=O)CCC[C@]12C. The molecule has 0 bridgehead atoms. The van der Waals surface area contributed by atoms with Crippen LogP contribution in [0, 0.1) is 23.2 Å². The number of amides is 1. The lowest BCUT2D eigenvalue weighted by Crippen LogP contribution is -2.47. The minimum atomic E-state index is -4.84. The normalized spacial score (nSPS) is 33.5. The van der Waals surface area contributed by atoms with Gasteiger partial charge in [0.15, 0.2) is 5.60 Å². The quantitative estimate of drug-likeness (QED) is 0.788. The Bertz CT molecular complexity index is 532. The minimum Gasteiger partial charge on any atom is -0.380 e. The Morgan fingerprint density at radius 2 is 2.04 bits per heavy atom. The Kier molecular flexibility index (Phi) is 5.57. The molecule has 144 valence electrons. The van der Waals surface area contributed by atoms with Crippen molar-refractivity contribution in [3.63, 3.8) is 0 Å². The van der Waals surface area contributed by atoms with E-state index >= 15 is 0 Å². The molecule has 0 saturated heterocycles. The maximum atomic E-state index is 12.6. The van der Waals surface area contributed by atoms with Gasteiger partial charge in [-0.05, 0) is 49.9 Å². The summed E-state index contributed by atoms with van der Waals surface area (Å²) < 4.78 is 37.9. The Hall–Kier alpha value is -1.11. The van der Waals surface area contributed by atoms with Gasteiger partial charge in [-0.15, -0.1) is 0 Å². The fraction of sp³-hybridized carbons (Fsp3) is 0.889. The molecular weight excluding hydrogens is 335 g/mol. The van der Waals surface area contributed by atoms with Gasteiger partial charge in [-0.3, -0.25) is 9.59 Å². The highest BCUT2D eigenvalue weighted by molar-refractivity contribution is 5.83. The van der Waals surface area contributed by atoms with Gasteiger partial charge in [0.2, 0.25) is 5.91 Å². The van der Waals surface area contributed by atoms with E-state index in [4.69, 9.17) is 0 Å². The van der Waals surface area contributed by atoms with Crippen molar-refractivity contribution in [1.82, 2.24) is 5.32 Å². The number of alkyl halides is 3. The zero-order valence-corrected chi connectivity index (χ0v) is 15.1. The number of Topliss-reactive ketones (excluding diaryl/α,β-unsaturated/α-hetero) is 1. The van der Waals surface area contributed by atoms with Crippen LogP contribution in [0.4, 0.5) is 13.2 Å². The number of carbonyl (C=O) groups is 2. The third-order valence-corrected chi connectivity index (χ3v) is 6.36. The van der Waals surface area contributed by atoms with Crippen molar-refractivity contribution in [2.45, 2.75) is 71.1 Å². The topological polar surface area (TPSA) is 66.4 Å². The van der Waals surface area contributed by atoms with Gasteiger partial charge in [0, 0.05) is 18.9 Å². The second-order valence-electron chi connectivity index (χ2n) is 8.29. The first-order chi connectivity index (χ1) is 11.4. The van der Waals surface area contributed by atoms with Gasteiger partial charge in [-0.1, -0.05) is 13.8 Å². The first kappa shape index (κ1) is 20.2. The zero-order chi connectivity index (χ0) is 19.0. The van der Waals surface area contributed by atoms with Gasteiger partial charge in [0.05, 0.1) is 6.42 Å². The van der Waals surface area contributed by atoms with Crippen molar-refractivity contribution in [3.05, 3.63) is 0 Å². The molecule has 2 saturated carbocycles. The molecular formula is C18H28F3NO3. The number of hydrogen-bond acceptors (Lipinski definition) is 3. The Labute approximate surface area is 146 Å². The number of ketones is 1. The molecule has 0 aliphatic heterocycles. The summed E-state index contributed by atoms with van der Waals surface area (Å²) in [5, 5.41) is 11.9. The fourth-order valence-corrected chi connectivity index (χ4v) is 4.80. The molecule has 0 spiro atoms. The number of carbonyl (C=O) groups excluding carboxylic acids is 2. The van der Waals surface area contributed by atoms with Crippen LogP contribution >= 0.6 is 0 Å². The summed E-state index contributed by atoms with van der Waals surface area (Å²) >= 11 is 0. The molecule has 2 fully saturated rings. The van der Waals surface area contributed by atoms with E-state index in [1.165, 1.54) is 0 Å². The van der Waals surface area contributed by atoms with E-state index in [9.17, 15) is 27.9 Å². The number of nitrogens with one attached hydrogen (secondary N) is 1. The van der Waals surface area contributed by atoms with Crippen LogP contribution in [0.3, 0.4) is 0 Å². The van der Waals surface area contributed by atoms with E-state index in [1.807, 2.05) is 6.92 Å². The average Bonchev–Trinajstić information content (AvgIpc) is 2.81. The van der Waals surface area contributed by atoms with Crippen molar-refractivity contribution < 1.29 is 27.9 Å². The summed E-state index contributed by atoms with van der Waals surface area (Å²) in [5.74, 6) is -0.0662. The number of hydrogen-bond donors (Lipinski definition) is 2. The summed E-state index contributed by atoms with van der Waals surface area (Å²) in [5.41, 5.74) is -3.10. The summed E-state index contributed by atoms with van der Waals surface area (Å²) in [7, 11) is 0. The molecule has 2 aliphatic carbocycles. The van der Waals surface area contributed by atoms with Crippen molar-refractivity contribution in [2.24, 2.45) is 23.2 Å². The van der Waals surface area contributed by atoms with Crippen molar-refractivity contribution in [3.8, 4) is 0 Å². The monoisotopic (exact) mass is 363 g/mol. The van der Waals surface area contributed by atoms with Crippen LogP contribution < -0.4 is 5.32 Å². The lowest BCUT2D eigenvalue weighted by Gasteiger charge is -2.42. The van der Waals surface area contributed by atoms with Gasteiger partial charge in [0.1, 0.15) is 5.78 Å². The van der Waals surface area contributed by atoms with Crippen LogP contribution in [-0.2, 0) is 9.59 Å². The van der Waals surface area contributed by atoms with Crippen molar-refractivity contribution in [2.75, 3.05) is 6.54 Å². The van der Waals surface area contributed by atoms with Crippen LogP contribution in [-0.4, -0.2) is 35.1 Å². The second kappa shape index (κ2) is 6.89. The van der Waals surface area contributed by atoms with Crippen molar-refractivity contribution >= 4 is 11.7 Å². The lowest BCUT2D eigenvalue weighted by atomic mass is 9.62. The van der Waals surface area contributed by atoms with E-state index in [0.29, 0.717) is 19.1 Å². The summed E-state index contributed by atoms with van der Waals surface area (Å²) in [6.45, 7) is 4.97. The zero-order valence-electron chi connectivity index (χ0n) is 15.1. The number of aliphatic hydroxyl groups is 1. The average molecular weight is 363 g/mol. The summed E-state index contributed by atoms with van der Waals surface area (Å²) in [6, 6.07) is 0.